The first-order valence-electron chi connectivity index (χ1n) is 6.88. The lowest BCUT2D eigenvalue weighted by Crippen LogP contribution is -2.10. The van der Waals surface area contributed by atoms with E-state index >= 15 is 0 Å². The quantitative estimate of drug-likeness (QED) is 0.680. The van der Waals surface area contributed by atoms with Crippen molar-refractivity contribution in [3.63, 3.8) is 0 Å². The molecule has 2 rings (SSSR count). The summed E-state index contributed by atoms with van der Waals surface area (Å²) < 4.78 is 4.97. The SMILES string of the molecule is COCCNc1nccc(Nc2cccc(NC(C)=O)c2)n1. The molecule has 0 atom stereocenters. The van der Waals surface area contributed by atoms with Crippen LogP contribution in [-0.4, -0.2) is 36.1 Å². The van der Waals surface area contributed by atoms with Gasteiger partial charge in [-0.25, -0.2) is 4.98 Å². The van der Waals surface area contributed by atoms with Gasteiger partial charge in [-0.2, -0.15) is 4.98 Å². The molecule has 1 amide bonds. The van der Waals surface area contributed by atoms with Crippen LogP contribution in [-0.2, 0) is 9.53 Å². The second kappa shape index (κ2) is 7.94. The fourth-order valence-corrected chi connectivity index (χ4v) is 1.80. The molecule has 22 heavy (non-hydrogen) atoms. The Hall–Kier alpha value is -2.67. The molecule has 0 aliphatic heterocycles. The zero-order valence-electron chi connectivity index (χ0n) is 12.6. The minimum absolute atomic E-state index is 0.108. The number of methoxy groups -OCH3 is 1. The first-order chi connectivity index (χ1) is 10.7. The summed E-state index contributed by atoms with van der Waals surface area (Å²) in [6.07, 6.45) is 1.67. The van der Waals surface area contributed by atoms with Crippen molar-refractivity contribution in [1.82, 2.24) is 9.97 Å². The van der Waals surface area contributed by atoms with E-state index in [4.69, 9.17) is 4.74 Å². The Morgan fingerprint density at radius 1 is 1.27 bits per heavy atom. The molecule has 3 N–H and O–H groups in total. The van der Waals surface area contributed by atoms with Crippen molar-refractivity contribution in [1.29, 1.82) is 0 Å². The third kappa shape index (κ3) is 5.02. The van der Waals surface area contributed by atoms with Crippen LogP contribution in [0.1, 0.15) is 6.92 Å². The van der Waals surface area contributed by atoms with E-state index in [1.165, 1.54) is 6.92 Å². The lowest BCUT2D eigenvalue weighted by Gasteiger charge is -2.09. The lowest BCUT2D eigenvalue weighted by atomic mass is 10.2. The number of hydrogen-bond donors (Lipinski definition) is 3. The van der Waals surface area contributed by atoms with Crippen molar-refractivity contribution in [2.45, 2.75) is 6.92 Å². The summed E-state index contributed by atoms with van der Waals surface area (Å²) in [5, 5.41) is 8.98. The minimum atomic E-state index is -0.108. The van der Waals surface area contributed by atoms with Crippen LogP contribution >= 0.6 is 0 Å². The summed E-state index contributed by atoms with van der Waals surface area (Å²) in [4.78, 5) is 19.6. The average Bonchev–Trinajstić information content (AvgIpc) is 2.47. The number of carbonyl (C=O) groups excluding carboxylic acids is 1. The molecule has 1 aromatic heterocycles. The molecule has 7 nitrogen and oxygen atoms in total. The summed E-state index contributed by atoms with van der Waals surface area (Å²) in [5.74, 6) is 1.08. The van der Waals surface area contributed by atoms with Crippen LogP contribution in [0.4, 0.5) is 23.1 Å². The number of ether oxygens (including phenoxy) is 1. The second-order valence-electron chi connectivity index (χ2n) is 4.57. The summed E-state index contributed by atoms with van der Waals surface area (Å²) in [6.45, 7) is 2.69. The highest BCUT2D eigenvalue weighted by Crippen LogP contribution is 2.19. The van der Waals surface area contributed by atoms with Gasteiger partial charge in [-0.15, -0.1) is 0 Å². The maximum Gasteiger partial charge on any atom is 0.224 e. The second-order valence-corrected chi connectivity index (χ2v) is 4.57. The van der Waals surface area contributed by atoms with Gasteiger partial charge in [0.15, 0.2) is 0 Å². The molecule has 0 unspecified atom stereocenters. The Kier molecular flexibility index (Phi) is 5.67. The van der Waals surface area contributed by atoms with Crippen LogP contribution in [0, 0.1) is 0 Å². The monoisotopic (exact) mass is 301 g/mol. The highest BCUT2D eigenvalue weighted by atomic mass is 16.5. The van der Waals surface area contributed by atoms with Gasteiger partial charge in [0.1, 0.15) is 5.82 Å². The third-order valence-electron chi connectivity index (χ3n) is 2.70. The zero-order valence-corrected chi connectivity index (χ0v) is 12.6. The predicted octanol–water partition coefficient (Wildman–Crippen LogP) is 2.24. The summed E-state index contributed by atoms with van der Waals surface area (Å²) in [7, 11) is 1.64. The Balaban J connectivity index is 2.03. The normalized spacial score (nSPS) is 10.1. The van der Waals surface area contributed by atoms with Crippen LogP contribution in [0.5, 0.6) is 0 Å². The Morgan fingerprint density at radius 2 is 2.09 bits per heavy atom. The van der Waals surface area contributed by atoms with Gasteiger partial charge >= 0.3 is 0 Å². The fourth-order valence-electron chi connectivity index (χ4n) is 1.80. The number of anilines is 4. The average molecular weight is 301 g/mol. The van der Waals surface area contributed by atoms with Gasteiger partial charge in [0.2, 0.25) is 11.9 Å². The number of hydrogen-bond acceptors (Lipinski definition) is 6. The van der Waals surface area contributed by atoms with E-state index < -0.39 is 0 Å². The Bertz CT molecular complexity index is 633. The summed E-state index contributed by atoms with van der Waals surface area (Å²) in [6, 6.07) is 9.18. The molecule has 0 saturated carbocycles. The van der Waals surface area contributed by atoms with E-state index in [2.05, 4.69) is 25.9 Å². The molecule has 7 heteroatoms. The van der Waals surface area contributed by atoms with Crippen LogP contribution < -0.4 is 16.0 Å². The zero-order chi connectivity index (χ0) is 15.8. The van der Waals surface area contributed by atoms with Crippen LogP contribution in [0.2, 0.25) is 0 Å². The number of carbonyl (C=O) groups is 1. The highest BCUT2D eigenvalue weighted by Gasteiger charge is 2.01. The largest absolute Gasteiger partial charge is 0.383 e. The highest BCUT2D eigenvalue weighted by molar-refractivity contribution is 5.89. The standard InChI is InChI=1S/C15H19N5O2/c1-11(21)18-12-4-3-5-13(10-12)19-14-6-7-16-15(20-14)17-8-9-22-2/h3-7,10H,8-9H2,1-2H3,(H,18,21)(H2,16,17,19,20). The molecular weight excluding hydrogens is 282 g/mol. The van der Waals surface area contributed by atoms with Crippen molar-refractivity contribution in [3.05, 3.63) is 36.5 Å². The maximum atomic E-state index is 11.1. The van der Waals surface area contributed by atoms with Gasteiger partial charge in [-0.1, -0.05) is 6.07 Å². The summed E-state index contributed by atoms with van der Waals surface area (Å²) in [5.41, 5.74) is 1.55. The number of aromatic nitrogens is 2. The van der Waals surface area contributed by atoms with Gasteiger partial charge in [0.25, 0.3) is 0 Å². The summed E-state index contributed by atoms with van der Waals surface area (Å²) >= 11 is 0. The maximum absolute atomic E-state index is 11.1. The van der Waals surface area contributed by atoms with Gasteiger partial charge in [0.05, 0.1) is 6.61 Å². The fraction of sp³-hybridized carbons (Fsp3) is 0.267. The van der Waals surface area contributed by atoms with Crippen molar-refractivity contribution >= 4 is 29.0 Å². The van der Waals surface area contributed by atoms with Crippen molar-refractivity contribution in [3.8, 4) is 0 Å². The Labute approximate surface area is 129 Å². The van der Waals surface area contributed by atoms with Crippen molar-refractivity contribution < 1.29 is 9.53 Å². The van der Waals surface area contributed by atoms with E-state index in [1.54, 1.807) is 19.4 Å². The minimum Gasteiger partial charge on any atom is -0.383 e. The molecule has 1 heterocycles. The predicted molar refractivity (Wildman–Crippen MR) is 86.4 cm³/mol. The van der Waals surface area contributed by atoms with Crippen LogP contribution in [0.15, 0.2) is 36.5 Å². The smallest absolute Gasteiger partial charge is 0.224 e. The molecule has 0 bridgehead atoms. The molecular formula is C15H19N5O2. The lowest BCUT2D eigenvalue weighted by molar-refractivity contribution is -0.114. The van der Waals surface area contributed by atoms with Crippen LogP contribution in [0.3, 0.4) is 0 Å². The number of nitrogens with one attached hydrogen (secondary N) is 3. The first kappa shape index (κ1) is 15.7. The molecule has 0 saturated heterocycles. The first-order valence-corrected chi connectivity index (χ1v) is 6.88. The van der Waals surface area contributed by atoms with Crippen LogP contribution in [0.25, 0.3) is 0 Å². The van der Waals surface area contributed by atoms with E-state index in [0.717, 1.165) is 11.4 Å². The topological polar surface area (TPSA) is 88.2 Å². The molecule has 2 aromatic rings. The Morgan fingerprint density at radius 3 is 2.86 bits per heavy atom. The van der Waals surface area contributed by atoms with Gasteiger partial charge < -0.3 is 20.7 Å². The van der Waals surface area contributed by atoms with E-state index in [-0.39, 0.29) is 5.91 Å². The molecule has 0 aliphatic carbocycles. The molecule has 1 aromatic carbocycles. The molecule has 116 valence electrons. The number of rotatable bonds is 7. The van der Waals surface area contributed by atoms with E-state index in [9.17, 15) is 4.79 Å². The van der Waals surface area contributed by atoms with Gasteiger partial charge in [-0.05, 0) is 24.3 Å². The number of benzene rings is 1. The molecule has 0 fully saturated rings. The molecule has 0 aliphatic rings. The van der Waals surface area contributed by atoms with E-state index in [1.807, 2.05) is 24.3 Å². The number of nitrogens with zero attached hydrogens (tertiary/aromatic N) is 2. The van der Waals surface area contributed by atoms with Crippen molar-refractivity contribution in [2.24, 2.45) is 0 Å². The van der Waals surface area contributed by atoms with Gasteiger partial charge in [-0.3, -0.25) is 4.79 Å². The van der Waals surface area contributed by atoms with Gasteiger partial charge in [0, 0.05) is 38.1 Å². The molecule has 0 radical (unpaired) electrons. The third-order valence-corrected chi connectivity index (χ3v) is 2.70. The van der Waals surface area contributed by atoms with E-state index in [0.29, 0.717) is 24.9 Å². The van der Waals surface area contributed by atoms with Crippen molar-refractivity contribution in [2.75, 3.05) is 36.2 Å². The molecule has 0 spiro atoms. The number of amides is 1.